The number of carboxylic acids is 1. The molecule has 0 aromatic heterocycles. The maximum absolute atomic E-state index is 12.7. The second-order valence-corrected chi connectivity index (χ2v) is 7.49. The van der Waals surface area contributed by atoms with Crippen LogP contribution in [-0.4, -0.2) is 21.3 Å². The zero-order chi connectivity index (χ0) is 18.1. The number of nitrogens with zero attached hydrogens (tertiary/aromatic N) is 1. The Hall–Kier alpha value is -2.15. The zero-order valence-electron chi connectivity index (χ0n) is 13.0. The molecule has 2 aromatic rings. The number of aryl methyl sites for hydroxylation is 1. The minimum Gasteiger partial charge on any atom is -0.478 e. The number of hydrogen-bond acceptors (Lipinski definition) is 4. The largest absolute Gasteiger partial charge is 0.478 e. The molecule has 1 saturated heterocycles. The Kier molecular flexibility index (Phi) is 4.94. The summed E-state index contributed by atoms with van der Waals surface area (Å²) in [5, 5.41) is 9.89. The third-order valence-corrected chi connectivity index (χ3v) is 5.23. The molecule has 1 aliphatic rings. The van der Waals surface area contributed by atoms with E-state index in [1.807, 2.05) is 12.1 Å². The van der Waals surface area contributed by atoms with E-state index in [0.29, 0.717) is 25.5 Å². The topological polar surface area (TPSA) is 57.6 Å². The molecule has 1 fully saturated rings. The average molecular weight is 390 g/mol. The summed E-state index contributed by atoms with van der Waals surface area (Å²) in [4.78, 5) is 25.9. The van der Waals surface area contributed by atoms with Gasteiger partial charge in [0.1, 0.15) is 0 Å². The van der Waals surface area contributed by atoms with Crippen molar-refractivity contribution >= 4 is 63.5 Å². The lowest BCUT2D eigenvalue weighted by Crippen LogP contribution is -2.27. The van der Waals surface area contributed by atoms with E-state index >= 15 is 0 Å². The molecule has 0 aliphatic carbocycles. The highest BCUT2D eigenvalue weighted by atomic mass is 35.5. The smallest absolute Gasteiger partial charge is 0.336 e. The maximum atomic E-state index is 12.7. The van der Waals surface area contributed by atoms with Crippen LogP contribution in [-0.2, 0) is 4.79 Å². The van der Waals surface area contributed by atoms with Gasteiger partial charge >= 0.3 is 5.97 Å². The summed E-state index contributed by atoms with van der Waals surface area (Å²) in [5.41, 5.74) is 2.05. The van der Waals surface area contributed by atoms with Crippen molar-refractivity contribution in [2.45, 2.75) is 6.92 Å². The highest BCUT2D eigenvalue weighted by Gasteiger charge is 2.33. The number of hydrogen-bond donors (Lipinski definition) is 1. The number of aromatic carboxylic acids is 1. The van der Waals surface area contributed by atoms with Gasteiger partial charge < -0.3 is 5.11 Å². The molecule has 126 valence electrons. The van der Waals surface area contributed by atoms with Crippen LogP contribution in [0.5, 0.6) is 0 Å². The predicted octanol–water partition coefficient (Wildman–Crippen LogP) is 4.75. The quantitative estimate of drug-likeness (QED) is 0.606. The van der Waals surface area contributed by atoms with Crippen molar-refractivity contribution in [3.05, 3.63) is 69.1 Å². The first-order valence-corrected chi connectivity index (χ1v) is 8.84. The van der Waals surface area contributed by atoms with Crippen LogP contribution in [0.1, 0.15) is 21.5 Å². The SMILES string of the molecule is Cc1ccc(N2C(=O)C(=Cc3ccc(Cl)cc3)SC2=S)cc1C(=O)O. The number of carbonyl (C=O) groups is 2. The highest BCUT2D eigenvalue weighted by Crippen LogP contribution is 2.36. The molecule has 0 atom stereocenters. The van der Waals surface area contributed by atoms with E-state index in [2.05, 4.69) is 0 Å². The average Bonchev–Trinajstić information content (AvgIpc) is 2.84. The molecule has 1 heterocycles. The van der Waals surface area contributed by atoms with Gasteiger partial charge in [-0.05, 0) is 48.4 Å². The molecule has 0 bridgehead atoms. The summed E-state index contributed by atoms with van der Waals surface area (Å²) in [6, 6.07) is 11.9. The lowest BCUT2D eigenvalue weighted by molar-refractivity contribution is -0.113. The lowest BCUT2D eigenvalue weighted by atomic mass is 10.1. The Balaban J connectivity index is 1.95. The van der Waals surface area contributed by atoms with Gasteiger partial charge in [-0.2, -0.15) is 0 Å². The second-order valence-electron chi connectivity index (χ2n) is 5.37. The third-order valence-electron chi connectivity index (χ3n) is 3.67. The molecule has 1 N–H and O–H groups in total. The molecular formula is C18H12ClNO3S2. The van der Waals surface area contributed by atoms with Crippen LogP contribution in [0.15, 0.2) is 47.4 Å². The normalized spacial score (nSPS) is 15.9. The number of carbonyl (C=O) groups excluding carboxylic acids is 1. The molecule has 7 heteroatoms. The molecule has 1 amide bonds. The first kappa shape index (κ1) is 17.7. The van der Waals surface area contributed by atoms with E-state index < -0.39 is 5.97 Å². The Morgan fingerprint density at radius 2 is 1.92 bits per heavy atom. The Morgan fingerprint density at radius 1 is 1.24 bits per heavy atom. The van der Waals surface area contributed by atoms with Gasteiger partial charge in [0.15, 0.2) is 4.32 Å². The van der Waals surface area contributed by atoms with E-state index in [9.17, 15) is 14.7 Å². The molecule has 0 radical (unpaired) electrons. The van der Waals surface area contributed by atoms with Gasteiger partial charge in [-0.1, -0.05) is 53.8 Å². The fourth-order valence-electron chi connectivity index (χ4n) is 2.38. The van der Waals surface area contributed by atoms with Crippen molar-refractivity contribution in [3.8, 4) is 0 Å². The molecule has 25 heavy (non-hydrogen) atoms. The molecule has 0 spiro atoms. The number of anilines is 1. The summed E-state index contributed by atoms with van der Waals surface area (Å²) < 4.78 is 0.366. The monoisotopic (exact) mass is 389 g/mol. The third kappa shape index (κ3) is 3.61. The standard InChI is InChI=1S/C18H12ClNO3S2/c1-10-2-7-13(9-14(10)17(22)23)20-16(21)15(25-18(20)24)8-11-3-5-12(19)6-4-11/h2-9H,1H3,(H,22,23). The van der Waals surface area contributed by atoms with E-state index in [0.717, 1.165) is 5.56 Å². The molecule has 3 rings (SSSR count). The number of carboxylic acid groups (broad SMARTS) is 1. The van der Waals surface area contributed by atoms with Crippen LogP contribution in [0.3, 0.4) is 0 Å². The zero-order valence-corrected chi connectivity index (χ0v) is 15.4. The number of thiocarbonyl (C=S) groups is 1. The first-order chi connectivity index (χ1) is 11.9. The van der Waals surface area contributed by atoms with Crippen LogP contribution in [0.25, 0.3) is 6.08 Å². The summed E-state index contributed by atoms with van der Waals surface area (Å²) in [7, 11) is 0. The number of amides is 1. The van der Waals surface area contributed by atoms with E-state index in [1.165, 1.54) is 22.7 Å². The van der Waals surface area contributed by atoms with Crippen molar-refractivity contribution in [2.24, 2.45) is 0 Å². The van der Waals surface area contributed by atoms with Gasteiger partial charge in [-0.25, -0.2) is 4.79 Å². The van der Waals surface area contributed by atoms with Crippen molar-refractivity contribution in [3.63, 3.8) is 0 Å². The van der Waals surface area contributed by atoms with Crippen molar-refractivity contribution in [1.29, 1.82) is 0 Å². The van der Waals surface area contributed by atoms with Crippen molar-refractivity contribution in [1.82, 2.24) is 0 Å². The van der Waals surface area contributed by atoms with Crippen LogP contribution in [0.4, 0.5) is 5.69 Å². The van der Waals surface area contributed by atoms with Gasteiger partial charge in [0, 0.05) is 5.02 Å². The van der Waals surface area contributed by atoms with Crippen LogP contribution >= 0.6 is 35.6 Å². The van der Waals surface area contributed by atoms with Crippen LogP contribution < -0.4 is 4.90 Å². The maximum Gasteiger partial charge on any atom is 0.336 e. The Morgan fingerprint density at radius 3 is 2.56 bits per heavy atom. The number of benzene rings is 2. The molecule has 2 aromatic carbocycles. The summed E-state index contributed by atoms with van der Waals surface area (Å²) in [6.07, 6.45) is 1.74. The fraction of sp³-hybridized carbons (Fsp3) is 0.0556. The molecule has 1 aliphatic heterocycles. The van der Waals surface area contributed by atoms with Gasteiger partial charge in [0.25, 0.3) is 5.91 Å². The van der Waals surface area contributed by atoms with Gasteiger partial charge in [0.2, 0.25) is 0 Å². The van der Waals surface area contributed by atoms with Gasteiger partial charge in [-0.15, -0.1) is 0 Å². The van der Waals surface area contributed by atoms with Crippen molar-refractivity contribution in [2.75, 3.05) is 4.90 Å². The molecular weight excluding hydrogens is 378 g/mol. The minimum absolute atomic E-state index is 0.147. The predicted molar refractivity (Wildman–Crippen MR) is 105 cm³/mol. The van der Waals surface area contributed by atoms with Crippen LogP contribution in [0, 0.1) is 6.92 Å². The summed E-state index contributed by atoms with van der Waals surface area (Å²) in [5.74, 6) is -1.31. The Labute approximate surface area is 159 Å². The first-order valence-electron chi connectivity index (χ1n) is 7.24. The fourth-order valence-corrected chi connectivity index (χ4v) is 3.81. The summed E-state index contributed by atoms with van der Waals surface area (Å²) in [6.45, 7) is 1.71. The van der Waals surface area contributed by atoms with Crippen molar-refractivity contribution < 1.29 is 14.7 Å². The number of halogens is 1. The molecule has 0 unspecified atom stereocenters. The molecule has 0 saturated carbocycles. The minimum atomic E-state index is -1.04. The summed E-state index contributed by atoms with van der Waals surface area (Å²) >= 11 is 12.4. The number of rotatable bonds is 3. The lowest BCUT2D eigenvalue weighted by Gasteiger charge is -2.15. The van der Waals surface area contributed by atoms with Gasteiger partial charge in [-0.3, -0.25) is 9.69 Å². The Bertz CT molecular complexity index is 922. The second kappa shape index (κ2) is 7.00. The van der Waals surface area contributed by atoms with Crippen LogP contribution in [0.2, 0.25) is 5.02 Å². The van der Waals surface area contributed by atoms with E-state index in [1.54, 1.807) is 37.3 Å². The highest BCUT2D eigenvalue weighted by molar-refractivity contribution is 8.27. The van der Waals surface area contributed by atoms with E-state index in [4.69, 9.17) is 23.8 Å². The van der Waals surface area contributed by atoms with E-state index in [-0.39, 0.29) is 11.5 Å². The molecule has 4 nitrogen and oxygen atoms in total. The number of thioether (sulfide) groups is 1. The van der Waals surface area contributed by atoms with Gasteiger partial charge in [0.05, 0.1) is 16.2 Å².